The number of rotatable bonds is 8. The van der Waals surface area contributed by atoms with Crippen LogP contribution in [-0.4, -0.2) is 24.1 Å². The van der Waals surface area contributed by atoms with Crippen molar-refractivity contribution in [2.24, 2.45) is 4.99 Å². The van der Waals surface area contributed by atoms with E-state index in [1.807, 2.05) is 31.6 Å². The number of methoxy groups -OCH3 is 1. The number of thiazole rings is 1. The van der Waals surface area contributed by atoms with Gasteiger partial charge in [-0.25, -0.2) is 4.99 Å². The molecular weight excluding hydrogens is 444 g/mol. The predicted octanol–water partition coefficient (Wildman–Crippen LogP) is 5.64. The first kappa shape index (κ1) is 23.7. The number of hydrogen-bond acceptors (Lipinski definition) is 7. The Bertz CT molecular complexity index is 1240. The average Bonchev–Trinajstić information content (AvgIpc) is 3.50. The molecule has 1 atom stereocenters. The first-order valence-electron chi connectivity index (χ1n) is 11.3. The lowest BCUT2D eigenvalue weighted by Gasteiger charge is -2.15. The van der Waals surface area contributed by atoms with Crippen LogP contribution in [0.2, 0.25) is 0 Å². The van der Waals surface area contributed by atoms with Crippen molar-refractivity contribution in [1.29, 1.82) is 5.26 Å². The van der Waals surface area contributed by atoms with E-state index in [1.54, 1.807) is 30.6 Å². The topological polar surface area (TPSA) is 79.5 Å². The van der Waals surface area contributed by atoms with Crippen LogP contribution in [0.3, 0.4) is 0 Å². The summed E-state index contributed by atoms with van der Waals surface area (Å²) in [4.78, 5) is 10.1. The predicted molar refractivity (Wildman–Crippen MR) is 136 cm³/mol. The van der Waals surface area contributed by atoms with Crippen molar-refractivity contribution in [2.45, 2.75) is 45.4 Å². The molecule has 1 N–H and O–H groups in total. The van der Waals surface area contributed by atoms with E-state index < -0.39 is 0 Å². The molecule has 0 bridgehead atoms. The molecule has 174 valence electrons. The molecule has 7 heteroatoms. The minimum atomic E-state index is -0.0197. The number of benzene rings is 2. The number of nitrogens with one attached hydrogen (secondary N) is 1. The van der Waals surface area contributed by atoms with Crippen molar-refractivity contribution in [3.05, 3.63) is 87.4 Å². The zero-order chi connectivity index (χ0) is 24.1. The van der Waals surface area contributed by atoms with Crippen molar-refractivity contribution in [1.82, 2.24) is 10.3 Å². The van der Waals surface area contributed by atoms with E-state index in [0.717, 1.165) is 24.9 Å². The summed E-state index contributed by atoms with van der Waals surface area (Å²) in [5, 5.41) is 13.2. The van der Waals surface area contributed by atoms with Gasteiger partial charge < -0.3 is 14.8 Å². The number of nitrogens with zero attached hydrogens (tertiary/aromatic N) is 3. The Morgan fingerprint density at radius 1 is 1.35 bits per heavy atom. The van der Waals surface area contributed by atoms with Crippen molar-refractivity contribution in [3.63, 3.8) is 0 Å². The third-order valence-corrected chi connectivity index (χ3v) is 6.51. The van der Waals surface area contributed by atoms with Crippen LogP contribution in [0.4, 0.5) is 0 Å². The SMILES string of the molecule is C=C(N=C(OC)c1ccc(OC(C)C)c(C#N)c1)c1cccc2c1CCC2NCc1cncs1. The fourth-order valence-electron chi connectivity index (χ4n) is 4.21. The van der Waals surface area contributed by atoms with Gasteiger partial charge in [0.25, 0.3) is 0 Å². The molecule has 1 heterocycles. The van der Waals surface area contributed by atoms with Crippen molar-refractivity contribution in [2.75, 3.05) is 7.11 Å². The van der Waals surface area contributed by atoms with Gasteiger partial charge in [-0.1, -0.05) is 24.8 Å². The van der Waals surface area contributed by atoms with E-state index in [0.29, 0.717) is 34.5 Å². The van der Waals surface area contributed by atoms with Gasteiger partial charge in [-0.05, 0) is 56.0 Å². The lowest BCUT2D eigenvalue weighted by atomic mass is 10.0. The molecule has 1 unspecified atom stereocenters. The van der Waals surface area contributed by atoms with E-state index >= 15 is 0 Å². The van der Waals surface area contributed by atoms with Crippen LogP contribution >= 0.6 is 11.3 Å². The normalized spacial score (nSPS) is 15.1. The van der Waals surface area contributed by atoms with Gasteiger partial charge in [-0.2, -0.15) is 5.26 Å². The van der Waals surface area contributed by atoms with Crippen molar-refractivity contribution in [3.8, 4) is 11.8 Å². The Balaban J connectivity index is 1.57. The Hall–Kier alpha value is -3.47. The highest BCUT2D eigenvalue weighted by Crippen LogP contribution is 2.36. The standard InChI is InChI=1S/C27H28N4O2S/c1-17(2)33-26-11-8-19(12-20(26)13-28)27(32-4)31-18(3)22-6-5-7-24-23(22)9-10-25(24)30-15-21-14-29-16-34-21/h5-8,11-12,14,16-17,25,30H,3,9-10,15H2,1-2,4H3. The lowest BCUT2D eigenvalue weighted by molar-refractivity contribution is 0.241. The summed E-state index contributed by atoms with van der Waals surface area (Å²) >= 11 is 1.66. The second kappa shape index (κ2) is 10.6. The van der Waals surface area contributed by atoms with Crippen molar-refractivity contribution >= 4 is 22.9 Å². The number of fused-ring (bicyclic) bond motifs is 1. The Kier molecular flexibility index (Phi) is 7.41. The van der Waals surface area contributed by atoms with Gasteiger partial charge in [0.05, 0.1) is 30.0 Å². The van der Waals surface area contributed by atoms with Gasteiger partial charge >= 0.3 is 0 Å². The van der Waals surface area contributed by atoms with Crippen LogP contribution in [0.15, 0.2) is 59.7 Å². The molecule has 0 radical (unpaired) electrons. The summed E-state index contributed by atoms with van der Waals surface area (Å²) in [7, 11) is 1.57. The molecule has 3 aromatic rings. The number of aliphatic imine (C=N–C) groups is 1. The third kappa shape index (κ3) is 5.19. The third-order valence-electron chi connectivity index (χ3n) is 5.73. The number of aromatic nitrogens is 1. The van der Waals surface area contributed by atoms with E-state index in [1.165, 1.54) is 16.0 Å². The number of ether oxygens (including phenoxy) is 2. The van der Waals surface area contributed by atoms with E-state index in [-0.39, 0.29) is 6.10 Å². The highest BCUT2D eigenvalue weighted by molar-refractivity contribution is 7.09. The second-order valence-corrected chi connectivity index (χ2v) is 9.34. The summed E-state index contributed by atoms with van der Waals surface area (Å²) in [5.74, 6) is 0.960. The highest BCUT2D eigenvalue weighted by atomic mass is 32.1. The van der Waals surface area contributed by atoms with Crippen LogP contribution in [0.1, 0.15) is 59.0 Å². The van der Waals surface area contributed by atoms with Gasteiger partial charge in [0, 0.05) is 34.8 Å². The summed E-state index contributed by atoms with van der Waals surface area (Å²) in [6.07, 6.45) is 3.88. The molecule has 1 aliphatic carbocycles. The van der Waals surface area contributed by atoms with Crippen LogP contribution in [0, 0.1) is 11.3 Å². The van der Waals surface area contributed by atoms with Gasteiger partial charge in [0.1, 0.15) is 11.8 Å². The summed E-state index contributed by atoms with van der Waals surface area (Å²) in [6, 6.07) is 14.2. The minimum Gasteiger partial charge on any atom is -0.490 e. The zero-order valence-corrected chi connectivity index (χ0v) is 20.5. The first-order chi connectivity index (χ1) is 16.5. The molecule has 4 rings (SSSR count). The smallest absolute Gasteiger partial charge is 0.221 e. The molecule has 0 aliphatic heterocycles. The lowest BCUT2D eigenvalue weighted by Crippen LogP contribution is -2.18. The maximum atomic E-state index is 9.57. The molecule has 34 heavy (non-hydrogen) atoms. The van der Waals surface area contributed by atoms with E-state index in [9.17, 15) is 5.26 Å². The molecule has 0 saturated heterocycles. The molecule has 1 aromatic heterocycles. The number of hydrogen-bond donors (Lipinski definition) is 1. The summed E-state index contributed by atoms with van der Waals surface area (Å²) in [6.45, 7) is 8.91. The van der Waals surface area contributed by atoms with Crippen LogP contribution in [-0.2, 0) is 17.7 Å². The molecule has 2 aromatic carbocycles. The summed E-state index contributed by atoms with van der Waals surface area (Å²) in [5.41, 5.74) is 7.22. The fraction of sp³-hybridized carbons (Fsp3) is 0.296. The van der Waals surface area contributed by atoms with Crippen molar-refractivity contribution < 1.29 is 9.47 Å². The van der Waals surface area contributed by atoms with Gasteiger partial charge in [0.2, 0.25) is 5.90 Å². The minimum absolute atomic E-state index is 0.0197. The molecule has 0 amide bonds. The van der Waals surface area contributed by atoms with Gasteiger partial charge in [0.15, 0.2) is 0 Å². The Morgan fingerprint density at radius 2 is 2.21 bits per heavy atom. The summed E-state index contributed by atoms with van der Waals surface area (Å²) < 4.78 is 11.3. The van der Waals surface area contributed by atoms with Gasteiger partial charge in [-0.3, -0.25) is 4.98 Å². The van der Waals surface area contributed by atoms with E-state index in [2.05, 4.69) is 41.1 Å². The maximum absolute atomic E-state index is 9.57. The average molecular weight is 473 g/mol. The zero-order valence-electron chi connectivity index (χ0n) is 19.7. The first-order valence-corrected chi connectivity index (χ1v) is 12.1. The van der Waals surface area contributed by atoms with Gasteiger partial charge in [-0.15, -0.1) is 11.3 Å². The monoisotopic (exact) mass is 472 g/mol. The second-order valence-electron chi connectivity index (χ2n) is 8.37. The molecule has 0 fully saturated rings. The Morgan fingerprint density at radius 3 is 2.91 bits per heavy atom. The maximum Gasteiger partial charge on any atom is 0.221 e. The molecule has 0 saturated carbocycles. The van der Waals surface area contributed by atoms with Crippen LogP contribution in [0.25, 0.3) is 5.70 Å². The fourth-order valence-corrected chi connectivity index (χ4v) is 4.75. The van der Waals surface area contributed by atoms with Crippen LogP contribution in [0.5, 0.6) is 5.75 Å². The molecular formula is C27H28N4O2S. The Labute approximate surface area is 204 Å². The quantitative estimate of drug-likeness (QED) is 0.339. The molecule has 6 nitrogen and oxygen atoms in total. The molecule has 1 aliphatic rings. The highest BCUT2D eigenvalue weighted by Gasteiger charge is 2.25. The van der Waals surface area contributed by atoms with Crippen LogP contribution < -0.4 is 10.1 Å². The number of nitriles is 1. The van der Waals surface area contributed by atoms with E-state index in [4.69, 9.17) is 14.5 Å². The largest absolute Gasteiger partial charge is 0.490 e. The molecule has 0 spiro atoms.